The van der Waals surface area contributed by atoms with E-state index in [4.69, 9.17) is 18.9 Å². The number of carbonyl (C=O) groups is 2. The lowest BCUT2D eigenvalue weighted by molar-refractivity contribution is 0.0329. The standard InChI is InChI=1S/C22H27NO6/c1-5-28-8-9-29-22(25)21-13(2)20-17(23-21)10-14(11-18(20)24)16-12-15(26-3)6-7-19(16)27-4/h6-7,12,14,23H,5,8-11H2,1-4H3. The lowest BCUT2D eigenvalue weighted by Crippen LogP contribution is -2.19. The molecule has 29 heavy (non-hydrogen) atoms. The smallest absolute Gasteiger partial charge is 0.355 e. The number of hydrogen-bond acceptors (Lipinski definition) is 6. The molecule has 7 nitrogen and oxygen atoms in total. The molecule has 1 N–H and O–H groups in total. The van der Waals surface area contributed by atoms with Gasteiger partial charge in [-0.3, -0.25) is 4.79 Å². The zero-order valence-corrected chi connectivity index (χ0v) is 17.3. The summed E-state index contributed by atoms with van der Waals surface area (Å²) in [5, 5.41) is 0. The van der Waals surface area contributed by atoms with Gasteiger partial charge in [-0.25, -0.2) is 4.79 Å². The highest BCUT2D eigenvalue weighted by molar-refractivity contribution is 6.03. The van der Waals surface area contributed by atoms with E-state index in [9.17, 15) is 9.59 Å². The number of H-pyrrole nitrogens is 1. The van der Waals surface area contributed by atoms with Crippen LogP contribution in [0.4, 0.5) is 0 Å². The molecule has 0 saturated heterocycles. The van der Waals surface area contributed by atoms with E-state index in [2.05, 4.69) is 4.98 Å². The van der Waals surface area contributed by atoms with E-state index >= 15 is 0 Å². The van der Waals surface area contributed by atoms with Gasteiger partial charge < -0.3 is 23.9 Å². The third-order valence-corrected chi connectivity index (χ3v) is 5.23. The van der Waals surface area contributed by atoms with Gasteiger partial charge in [-0.2, -0.15) is 0 Å². The SMILES string of the molecule is CCOCCOC(=O)c1[nH]c2c(c1C)C(=O)CC(c1cc(OC)ccc1OC)C2. The van der Waals surface area contributed by atoms with Gasteiger partial charge in [-0.1, -0.05) is 0 Å². The Morgan fingerprint density at radius 2 is 1.97 bits per heavy atom. The zero-order chi connectivity index (χ0) is 21.0. The molecule has 1 heterocycles. The van der Waals surface area contributed by atoms with Crippen molar-refractivity contribution in [2.24, 2.45) is 0 Å². The fourth-order valence-corrected chi connectivity index (χ4v) is 3.83. The van der Waals surface area contributed by atoms with Crippen LogP contribution in [0.15, 0.2) is 18.2 Å². The topological polar surface area (TPSA) is 86.9 Å². The monoisotopic (exact) mass is 401 g/mol. The van der Waals surface area contributed by atoms with Crippen LogP contribution in [0.5, 0.6) is 11.5 Å². The molecule has 0 amide bonds. The largest absolute Gasteiger partial charge is 0.497 e. The van der Waals surface area contributed by atoms with Crippen LogP contribution < -0.4 is 9.47 Å². The third-order valence-electron chi connectivity index (χ3n) is 5.23. The van der Waals surface area contributed by atoms with Gasteiger partial charge in [-0.15, -0.1) is 0 Å². The number of hydrogen-bond donors (Lipinski definition) is 1. The summed E-state index contributed by atoms with van der Waals surface area (Å²) in [4.78, 5) is 28.5. The maximum Gasteiger partial charge on any atom is 0.355 e. The molecule has 0 fully saturated rings. The van der Waals surface area contributed by atoms with Crippen LogP contribution in [0, 0.1) is 6.92 Å². The van der Waals surface area contributed by atoms with Crippen LogP contribution in [0.25, 0.3) is 0 Å². The van der Waals surface area contributed by atoms with Crippen LogP contribution in [-0.2, 0) is 15.9 Å². The highest BCUT2D eigenvalue weighted by Gasteiger charge is 2.33. The summed E-state index contributed by atoms with van der Waals surface area (Å²) in [7, 11) is 3.21. The molecule has 0 bridgehead atoms. The van der Waals surface area contributed by atoms with E-state index in [1.54, 1.807) is 21.1 Å². The number of methoxy groups -OCH3 is 2. The van der Waals surface area contributed by atoms with E-state index in [0.29, 0.717) is 54.4 Å². The van der Waals surface area contributed by atoms with Crippen molar-refractivity contribution in [3.05, 3.63) is 46.3 Å². The molecule has 0 spiro atoms. The van der Waals surface area contributed by atoms with Crippen LogP contribution in [-0.4, -0.2) is 50.8 Å². The van der Waals surface area contributed by atoms with Crippen molar-refractivity contribution >= 4 is 11.8 Å². The van der Waals surface area contributed by atoms with Crippen LogP contribution >= 0.6 is 0 Å². The summed E-state index contributed by atoms with van der Waals surface area (Å²) >= 11 is 0. The zero-order valence-electron chi connectivity index (χ0n) is 17.3. The minimum atomic E-state index is -0.472. The van der Waals surface area contributed by atoms with Gasteiger partial charge in [0.1, 0.15) is 23.8 Å². The minimum absolute atomic E-state index is 0.00300. The number of fused-ring (bicyclic) bond motifs is 1. The van der Waals surface area contributed by atoms with Crippen molar-refractivity contribution in [3.63, 3.8) is 0 Å². The molecule has 1 unspecified atom stereocenters. The minimum Gasteiger partial charge on any atom is -0.497 e. The molecule has 1 aliphatic carbocycles. The van der Waals surface area contributed by atoms with Crippen molar-refractivity contribution in [2.75, 3.05) is 34.0 Å². The van der Waals surface area contributed by atoms with Gasteiger partial charge in [0.05, 0.1) is 20.8 Å². The summed E-state index contributed by atoms with van der Waals surface area (Å²) in [5.41, 5.74) is 3.24. The molecule has 1 aliphatic rings. The van der Waals surface area contributed by atoms with E-state index in [-0.39, 0.29) is 18.3 Å². The predicted octanol–water partition coefficient (Wildman–Crippen LogP) is 3.45. The number of ether oxygens (including phenoxy) is 4. The summed E-state index contributed by atoms with van der Waals surface area (Å²) in [6.07, 6.45) is 0.936. The summed E-state index contributed by atoms with van der Waals surface area (Å²) in [6, 6.07) is 5.57. The van der Waals surface area contributed by atoms with Crippen molar-refractivity contribution in [3.8, 4) is 11.5 Å². The highest BCUT2D eigenvalue weighted by atomic mass is 16.6. The average molecular weight is 401 g/mol. The molecule has 156 valence electrons. The fraction of sp³-hybridized carbons (Fsp3) is 0.455. The number of benzene rings is 1. The molecule has 2 aromatic rings. The van der Waals surface area contributed by atoms with Gasteiger partial charge >= 0.3 is 5.97 Å². The lowest BCUT2D eigenvalue weighted by Gasteiger charge is -2.24. The van der Waals surface area contributed by atoms with E-state index in [1.165, 1.54) is 0 Å². The molecule has 0 radical (unpaired) electrons. The Morgan fingerprint density at radius 3 is 2.66 bits per heavy atom. The van der Waals surface area contributed by atoms with Gasteiger partial charge in [0.25, 0.3) is 0 Å². The second kappa shape index (κ2) is 9.13. The number of nitrogens with one attached hydrogen (secondary N) is 1. The maximum absolute atomic E-state index is 12.9. The van der Waals surface area contributed by atoms with Crippen LogP contribution in [0.2, 0.25) is 0 Å². The summed E-state index contributed by atoms with van der Waals surface area (Å²) in [6.45, 7) is 4.74. The van der Waals surface area contributed by atoms with Crippen molar-refractivity contribution in [2.45, 2.75) is 32.6 Å². The first-order valence-corrected chi connectivity index (χ1v) is 9.71. The first kappa shape index (κ1) is 20.9. The average Bonchev–Trinajstić information content (AvgIpc) is 3.07. The van der Waals surface area contributed by atoms with Gasteiger partial charge in [0.2, 0.25) is 0 Å². The van der Waals surface area contributed by atoms with Gasteiger partial charge in [0, 0.05) is 35.8 Å². The van der Waals surface area contributed by atoms with Crippen molar-refractivity contribution < 1.29 is 28.5 Å². The number of ketones is 1. The molecule has 0 saturated carbocycles. The Bertz CT molecular complexity index is 901. The predicted molar refractivity (Wildman–Crippen MR) is 107 cm³/mol. The Hall–Kier alpha value is -2.80. The maximum atomic E-state index is 12.9. The Labute approximate surface area is 170 Å². The molecule has 1 aromatic heterocycles. The summed E-state index contributed by atoms with van der Waals surface area (Å²) < 4.78 is 21.3. The van der Waals surface area contributed by atoms with Crippen LogP contribution in [0.1, 0.15) is 56.9 Å². The number of Topliss-reactive ketones (excluding diaryl/α,β-unsaturated/α-hetero) is 1. The van der Waals surface area contributed by atoms with E-state index in [1.807, 2.05) is 25.1 Å². The normalized spacial score (nSPS) is 15.7. The lowest BCUT2D eigenvalue weighted by atomic mass is 9.81. The molecule has 0 aliphatic heterocycles. The first-order valence-electron chi connectivity index (χ1n) is 9.71. The van der Waals surface area contributed by atoms with Crippen LogP contribution in [0.3, 0.4) is 0 Å². The molecule has 7 heteroatoms. The number of aromatic amines is 1. The molecule has 3 rings (SSSR count). The van der Waals surface area contributed by atoms with Gasteiger partial charge in [0.15, 0.2) is 5.78 Å². The Morgan fingerprint density at radius 1 is 1.17 bits per heavy atom. The number of carbonyl (C=O) groups excluding carboxylic acids is 2. The third kappa shape index (κ3) is 4.29. The molecular weight excluding hydrogens is 374 g/mol. The number of aromatic nitrogens is 1. The Balaban J connectivity index is 1.85. The van der Waals surface area contributed by atoms with Crippen molar-refractivity contribution in [1.82, 2.24) is 4.98 Å². The highest BCUT2D eigenvalue weighted by Crippen LogP contribution is 2.40. The molecular formula is C22H27NO6. The molecule has 1 atom stereocenters. The van der Waals surface area contributed by atoms with E-state index in [0.717, 1.165) is 11.3 Å². The second-order valence-electron chi connectivity index (χ2n) is 6.95. The fourth-order valence-electron chi connectivity index (χ4n) is 3.83. The number of rotatable bonds is 8. The molecule has 1 aromatic carbocycles. The summed E-state index contributed by atoms with van der Waals surface area (Å²) in [5.74, 6) is 0.884. The Kier molecular flexibility index (Phi) is 6.59. The quantitative estimate of drug-likeness (QED) is 0.539. The number of esters is 1. The second-order valence-corrected chi connectivity index (χ2v) is 6.95. The van der Waals surface area contributed by atoms with Crippen molar-refractivity contribution in [1.29, 1.82) is 0 Å². The van der Waals surface area contributed by atoms with Gasteiger partial charge in [-0.05, 0) is 44.0 Å². The van der Waals surface area contributed by atoms with E-state index < -0.39 is 5.97 Å². The first-order chi connectivity index (χ1) is 14.0.